The first-order valence-corrected chi connectivity index (χ1v) is 14.7. The van der Waals surface area contributed by atoms with Crippen molar-refractivity contribution in [2.45, 2.75) is 0 Å². The van der Waals surface area contributed by atoms with Crippen molar-refractivity contribution < 1.29 is 14.3 Å². The second-order valence-corrected chi connectivity index (χ2v) is 11.1. The third-order valence-electron chi connectivity index (χ3n) is 5.86. The van der Waals surface area contributed by atoms with Gasteiger partial charge in [0.05, 0.1) is 16.9 Å². The van der Waals surface area contributed by atoms with Gasteiger partial charge in [-0.3, -0.25) is 9.59 Å². The molecule has 3 N–H and O–H groups in total. The standard InChI is InChI=1S/C31H22Cl3N5O3S/c32-22-6-10-24(11-7-22)36-29(40)17-42-28-14-1-19(15-26(28)34)16-35-39-30(41)21-4-2-20(3-5-21)27-18-43-31(38-27)37-25-12-8-23(33)9-13-25/h1-16,18H,17H2,(H,36,40)(H,37,38)(H,39,41)/b35-16-. The van der Waals surface area contributed by atoms with Crippen LogP contribution in [0.4, 0.5) is 16.5 Å². The number of anilines is 3. The van der Waals surface area contributed by atoms with Crippen LogP contribution in [0, 0.1) is 0 Å². The van der Waals surface area contributed by atoms with Gasteiger partial charge in [-0.2, -0.15) is 5.10 Å². The zero-order chi connectivity index (χ0) is 30.2. The van der Waals surface area contributed by atoms with Gasteiger partial charge in [-0.1, -0.05) is 46.9 Å². The molecule has 4 aromatic carbocycles. The molecule has 216 valence electrons. The summed E-state index contributed by atoms with van der Waals surface area (Å²) < 4.78 is 5.53. The molecule has 43 heavy (non-hydrogen) atoms. The minimum Gasteiger partial charge on any atom is -0.482 e. The lowest BCUT2D eigenvalue weighted by atomic mass is 10.1. The van der Waals surface area contributed by atoms with Gasteiger partial charge in [0.15, 0.2) is 11.7 Å². The van der Waals surface area contributed by atoms with Crippen LogP contribution in [0.2, 0.25) is 15.1 Å². The highest BCUT2D eigenvalue weighted by molar-refractivity contribution is 7.14. The maximum Gasteiger partial charge on any atom is 0.271 e. The van der Waals surface area contributed by atoms with Gasteiger partial charge >= 0.3 is 0 Å². The van der Waals surface area contributed by atoms with Gasteiger partial charge in [0.25, 0.3) is 11.8 Å². The summed E-state index contributed by atoms with van der Waals surface area (Å²) in [7, 11) is 0. The summed E-state index contributed by atoms with van der Waals surface area (Å²) in [6.07, 6.45) is 1.46. The molecule has 5 rings (SSSR count). The maximum absolute atomic E-state index is 12.6. The van der Waals surface area contributed by atoms with Gasteiger partial charge in [-0.05, 0) is 84.4 Å². The zero-order valence-electron chi connectivity index (χ0n) is 22.2. The highest BCUT2D eigenvalue weighted by Gasteiger charge is 2.10. The summed E-state index contributed by atoms with van der Waals surface area (Å²) in [5.41, 5.74) is 6.73. The highest BCUT2D eigenvalue weighted by atomic mass is 35.5. The van der Waals surface area contributed by atoms with Crippen molar-refractivity contribution in [2.24, 2.45) is 5.10 Å². The van der Waals surface area contributed by atoms with E-state index in [1.54, 1.807) is 54.6 Å². The average Bonchev–Trinajstić information content (AvgIpc) is 3.47. The van der Waals surface area contributed by atoms with Gasteiger partial charge in [0.2, 0.25) is 0 Å². The van der Waals surface area contributed by atoms with Crippen molar-refractivity contribution in [3.05, 3.63) is 123 Å². The first-order valence-electron chi connectivity index (χ1n) is 12.7. The van der Waals surface area contributed by atoms with Crippen LogP contribution in [0.1, 0.15) is 15.9 Å². The summed E-state index contributed by atoms with van der Waals surface area (Å²) in [5.74, 6) is -0.381. The maximum atomic E-state index is 12.6. The Bertz CT molecular complexity index is 1760. The predicted octanol–water partition coefficient (Wildman–Crippen LogP) is 8.30. The van der Waals surface area contributed by atoms with E-state index in [2.05, 4.69) is 26.1 Å². The van der Waals surface area contributed by atoms with E-state index in [1.165, 1.54) is 17.6 Å². The quantitative estimate of drug-likeness (QED) is 0.104. The first-order chi connectivity index (χ1) is 20.8. The molecule has 0 fully saturated rings. The molecule has 0 saturated heterocycles. The number of nitrogens with zero attached hydrogens (tertiary/aromatic N) is 2. The van der Waals surface area contributed by atoms with E-state index in [1.807, 2.05) is 41.8 Å². The monoisotopic (exact) mass is 649 g/mol. The molecule has 0 aliphatic rings. The molecule has 1 aromatic heterocycles. The molecule has 0 bridgehead atoms. The Kier molecular flexibility index (Phi) is 9.91. The van der Waals surface area contributed by atoms with Crippen molar-refractivity contribution in [3.8, 4) is 17.0 Å². The Balaban J connectivity index is 1.10. The lowest BCUT2D eigenvalue weighted by Crippen LogP contribution is -2.20. The van der Waals surface area contributed by atoms with Crippen molar-refractivity contribution in [1.29, 1.82) is 0 Å². The highest BCUT2D eigenvalue weighted by Crippen LogP contribution is 2.28. The van der Waals surface area contributed by atoms with E-state index in [4.69, 9.17) is 39.5 Å². The lowest BCUT2D eigenvalue weighted by Gasteiger charge is -2.09. The largest absolute Gasteiger partial charge is 0.482 e. The Morgan fingerprint density at radius 1 is 0.860 bits per heavy atom. The van der Waals surface area contributed by atoms with Crippen LogP contribution in [0.15, 0.2) is 101 Å². The van der Waals surface area contributed by atoms with Crippen LogP contribution in [0.25, 0.3) is 11.3 Å². The zero-order valence-corrected chi connectivity index (χ0v) is 25.3. The molecular weight excluding hydrogens is 629 g/mol. The smallest absolute Gasteiger partial charge is 0.271 e. The molecule has 0 spiro atoms. The molecule has 1 heterocycles. The molecule has 2 amide bonds. The van der Waals surface area contributed by atoms with Crippen LogP contribution in [0.3, 0.4) is 0 Å². The summed E-state index contributed by atoms with van der Waals surface area (Å²) in [6, 6.07) is 26.1. The predicted molar refractivity (Wildman–Crippen MR) is 174 cm³/mol. The van der Waals surface area contributed by atoms with Crippen molar-refractivity contribution in [1.82, 2.24) is 10.4 Å². The Labute approximate surface area is 266 Å². The second-order valence-electron chi connectivity index (χ2n) is 8.98. The summed E-state index contributed by atoms with van der Waals surface area (Å²) in [4.78, 5) is 29.3. The minimum atomic E-state index is -0.371. The number of thiazole rings is 1. The van der Waals surface area contributed by atoms with Gasteiger partial charge in [-0.15, -0.1) is 11.3 Å². The van der Waals surface area contributed by atoms with E-state index in [0.29, 0.717) is 37.6 Å². The number of nitrogens with one attached hydrogen (secondary N) is 3. The molecule has 0 unspecified atom stereocenters. The van der Waals surface area contributed by atoms with Crippen LogP contribution >= 0.6 is 46.1 Å². The van der Waals surface area contributed by atoms with E-state index in [0.717, 1.165) is 22.1 Å². The van der Waals surface area contributed by atoms with Crippen molar-refractivity contribution in [2.75, 3.05) is 17.2 Å². The van der Waals surface area contributed by atoms with Gasteiger partial charge in [0, 0.05) is 37.9 Å². The Hall–Kier alpha value is -4.41. The lowest BCUT2D eigenvalue weighted by molar-refractivity contribution is -0.118. The number of carbonyl (C=O) groups is 2. The summed E-state index contributed by atoms with van der Waals surface area (Å²) >= 11 is 19.6. The first kappa shape index (κ1) is 30.1. The fraction of sp³-hybridized carbons (Fsp3) is 0.0323. The third kappa shape index (κ3) is 8.56. The van der Waals surface area contributed by atoms with Crippen LogP contribution in [-0.4, -0.2) is 29.6 Å². The molecular formula is C31H22Cl3N5O3S. The average molecular weight is 651 g/mol. The second kappa shape index (κ2) is 14.2. The molecule has 8 nitrogen and oxygen atoms in total. The van der Waals surface area contributed by atoms with E-state index < -0.39 is 0 Å². The number of benzene rings is 4. The van der Waals surface area contributed by atoms with Crippen LogP contribution < -0.4 is 20.8 Å². The summed E-state index contributed by atoms with van der Waals surface area (Å²) in [5, 5.41) is 14.2. The van der Waals surface area contributed by atoms with Crippen molar-refractivity contribution >= 4 is 80.7 Å². The Morgan fingerprint density at radius 2 is 1.53 bits per heavy atom. The molecule has 0 atom stereocenters. The number of rotatable bonds is 10. The fourth-order valence-electron chi connectivity index (χ4n) is 3.73. The van der Waals surface area contributed by atoms with Gasteiger partial charge in [-0.25, -0.2) is 10.4 Å². The summed E-state index contributed by atoms with van der Waals surface area (Å²) in [6.45, 7) is -0.228. The minimum absolute atomic E-state index is 0.228. The normalized spacial score (nSPS) is 10.9. The molecule has 5 aromatic rings. The third-order valence-corrected chi connectivity index (χ3v) is 7.42. The van der Waals surface area contributed by atoms with Crippen LogP contribution in [0.5, 0.6) is 5.75 Å². The number of carbonyl (C=O) groups excluding carboxylic acids is 2. The molecule has 0 saturated carbocycles. The van der Waals surface area contributed by atoms with E-state index in [-0.39, 0.29) is 18.4 Å². The van der Waals surface area contributed by atoms with Gasteiger partial charge < -0.3 is 15.4 Å². The molecule has 0 aliphatic heterocycles. The van der Waals surface area contributed by atoms with Crippen LogP contribution in [-0.2, 0) is 4.79 Å². The number of amides is 2. The number of hydrazone groups is 1. The number of halogens is 3. The molecule has 12 heteroatoms. The topological polar surface area (TPSA) is 105 Å². The van der Waals surface area contributed by atoms with E-state index in [9.17, 15) is 9.59 Å². The number of hydrogen-bond acceptors (Lipinski definition) is 7. The molecule has 0 aliphatic carbocycles. The number of aromatic nitrogens is 1. The molecule has 0 radical (unpaired) electrons. The van der Waals surface area contributed by atoms with Crippen molar-refractivity contribution in [3.63, 3.8) is 0 Å². The van der Waals surface area contributed by atoms with E-state index >= 15 is 0 Å². The fourth-order valence-corrected chi connectivity index (χ4v) is 4.97. The number of ether oxygens (including phenoxy) is 1. The SMILES string of the molecule is O=C(COc1ccc(/C=N\NC(=O)c2ccc(-c3csc(Nc4ccc(Cl)cc4)n3)cc2)cc1Cl)Nc1ccc(Cl)cc1. The van der Waals surface area contributed by atoms with Gasteiger partial charge in [0.1, 0.15) is 5.75 Å². The number of hydrogen-bond donors (Lipinski definition) is 3. The Morgan fingerprint density at radius 3 is 2.21 bits per heavy atom.